The van der Waals surface area contributed by atoms with Gasteiger partial charge in [-0.25, -0.2) is 0 Å². The lowest BCUT2D eigenvalue weighted by atomic mass is 10.0. The molecule has 2 aromatic rings. The number of hydrogen-bond acceptors (Lipinski definition) is 2. The molecule has 0 amide bonds. The second-order valence-electron chi connectivity index (χ2n) is 5.12. The third-order valence-corrected chi connectivity index (χ3v) is 4.61. The van der Waals surface area contributed by atoms with Crippen LogP contribution in [0.3, 0.4) is 0 Å². The number of benzene rings is 2. The smallest absolute Gasteiger partial charge is 0.0525 e. The molecule has 0 aliphatic rings. The average Bonchev–Trinajstić information content (AvgIpc) is 2.48. The average molecular weight is 368 g/mol. The van der Waals surface area contributed by atoms with Crippen LogP contribution in [0.15, 0.2) is 46.9 Å². The second-order valence-corrected chi connectivity index (χ2v) is 6.44. The van der Waals surface area contributed by atoms with Crippen LogP contribution in [0.25, 0.3) is 0 Å². The molecule has 0 aliphatic heterocycles. The van der Waals surface area contributed by atoms with Crippen molar-refractivity contribution >= 4 is 33.2 Å². The number of nitrogens with two attached hydrogens (primary N) is 1. The van der Waals surface area contributed by atoms with Crippen molar-refractivity contribution < 1.29 is 0 Å². The number of rotatable bonds is 5. The van der Waals surface area contributed by atoms with Gasteiger partial charge in [0.1, 0.15) is 0 Å². The maximum absolute atomic E-state index is 6.33. The highest BCUT2D eigenvalue weighted by atomic mass is 79.9. The first-order valence-electron chi connectivity index (χ1n) is 7.00. The molecule has 2 nitrogen and oxygen atoms in total. The van der Waals surface area contributed by atoms with E-state index in [1.807, 2.05) is 18.2 Å². The molecule has 0 aromatic heterocycles. The molecule has 21 heavy (non-hydrogen) atoms. The monoisotopic (exact) mass is 366 g/mol. The van der Waals surface area contributed by atoms with E-state index in [4.69, 9.17) is 17.3 Å². The Balaban J connectivity index is 2.37. The zero-order chi connectivity index (χ0) is 15.4. The SMILES string of the molecule is CC(c1ccccc1Cl)N(C)c1cc(Br)ccc1CCN. The van der Waals surface area contributed by atoms with Gasteiger partial charge >= 0.3 is 0 Å². The minimum Gasteiger partial charge on any atom is -0.368 e. The predicted molar refractivity (Wildman–Crippen MR) is 95.2 cm³/mol. The van der Waals surface area contributed by atoms with Gasteiger partial charge in [0.25, 0.3) is 0 Å². The van der Waals surface area contributed by atoms with Gasteiger partial charge in [-0.15, -0.1) is 0 Å². The maximum Gasteiger partial charge on any atom is 0.0525 e. The highest BCUT2D eigenvalue weighted by Gasteiger charge is 2.17. The molecule has 0 saturated carbocycles. The third kappa shape index (κ3) is 3.79. The first kappa shape index (κ1) is 16.3. The normalized spacial score (nSPS) is 12.2. The molecule has 0 fully saturated rings. The summed E-state index contributed by atoms with van der Waals surface area (Å²) in [5.41, 5.74) is 9.29. The van der Waals surface area contributed by atoms with Gasteiger partial charge in [0, 0.05) is 22.2 Å². The fraction of sp³-hybridized carbons (Fsp3) is 0.294. The lowest BCUT2D eigenvalue weighted by molar-refractivity contribution is 0.734. The van der Waals surface area contributed by atoms with Crippen LogP contribution in [0, 0.1) is 0 Å². The predicted octanol–water partition coefficient (Wildman–Crippen LogP) is 4.80. The number of halogens is 2. The summed E-state index contributed by atoms with van der Waals surface area (Å²) in [4.78, 5) is 2.25. The van der Waals surface area contributed by atoms with E-state index in [0.29, 0.717) is 6.54 Å². The van der Waals surface area contributed by atoms with Crippen molar-refractivity contribution in [3.63, 3.8) is 0 Å². The van der Waals surface area contributed by atoms with Gasteiger partial charge in [0.05, 0.1) is 6.04 Å². The van der Waals surface area contributed by atoms with Crippen molar-refractivity contribution in [1.29, 1.82) is 0 Å². The molecule has 0 bridgehead atoms. The van der Waals surface area contributed by atoms with E-state index in [1.54, 1.807) is 0 Å². The van der Waals surface area contributed by atoms with E-state index in [1.165, 1.54) is 11.3 Å². The highest BCUT2D eigenvalue weighted by Crippen LogP contribution is 2.33. The van der Waals surface area contributed by atoms with Gasteiger partial charge in [0.2, 0.25) is 0 Å². The van der Waals surface area contributed by atoms with Crippen LogP contribution < -0.4 is 10.6 Å². The topological polar surface area (TPSA) is 29.3 Å². The van der Waals surface area contributed by atoms with E-state index in [0.717, 1.165) is 21.5 Å². The molecule has 0 heterocycles. The molecule has 0 aliphatic carbocycles. The van der Waals surface area contributed by atoms with Gasteiger partial charge in [-0.3, -0.25) is 0 Å². The summed E-state index contributed by atoms with van der Waals surface area (Å²) in [6, 6.07) is 14.5. The van der Waals surface area contributed by atoms with Crippen LogP contribution >= 0.6 is 27.5 Å². The molecule has 0 radical (unpaired) electrons. The first-order valence-corrected chi connectivity index (χ1v) is 8.17. The van der Waals surface area contributed by atoms with Crippen molar-refractivity contribution in [3.05, 3.63) is 63.1 Å². The van der Waals surface area contributed by atoms with Gasteiger partial charge < -0.3 is 10.6 Å². The van der Waals surface area contributed by atoms with Gasteiger partial charge in [0.15, 0.2) is 0 Å². The van der Waals surface area contributed by atoms with Crippen LogP contribution in [-0.2, 0) is 6.42 Å². The maximum atomic E-state index is 6.33. The van der Waals surface area contributed by atoms with Gasteiger partial charge in [-0.2, -0.15) is 0 Å². The number of anilines is 1. The first-order chi connectivity index (χ1) is 10.0. The summed E-state index contributed by atoms with van der Waals surface area (Å²) in [5, 5.41) is 0.798. The Bertz CT molecular complexity index is 615. The van der Waals surface area contributed by atoms with Crippen molar-refractivity contribution in [1.82, 2.24) is 0 Å². The Morgan fingerprint density at radius 1 is 1.24 bits per heavy atom. The largest absolute Gasteiger partial charge is 0.368 e. The fourth-order valence-corrected chi connectivity index (χ4v) is 3.11. The molecule has 0 spiro atoms. The molecule has 112 valence electrons. The molecule has 2 N–H and O–H groups in total. The Hall–Kier alpha value is -1.03. The van der Waals surface area contributed by atoms with Crippen molar-refractivity contribution in [2.45, 2.75) is 19.4 Å². The van der Waals surface area contributed by atoms with Crippen LogP contribution in [0.4, 0.5) is 5.69 Å². The zero-order valence-corrected chi connectivity index (χ0v) is 14.7. The molecular formula is C17H20BrClN2. The van der Waals surface area contributed by atoms with Crippen LogP contribution in [0.5, 0.6) is 0 Å². The van der Waals surface area contributed by atoms with Crippen molar-refractivity contribution in [2.75, 3.05) is 18.5 Å². The van der Waals surface area contributed by atoms with Crippen LogP contribution in [-0.4, -0.2) is 13.6 Å². The molecule has 4 heteroatoms. The van der Waals surface area contributed by atoms with E-state index in [-0.39, 0.29) is 6.04 Å². The second kappa shape index (κ2) is 7.30. The summed E-state index contributed by atoms with van der Waals surface area (Å²) < 4.78 is 1.07. The molecule has 2 rings (SSSR count). The Morgan fingerprint density at radius 2 is 1.95 bits per heavy atom. The summed E-state index contributed by atoms with van der Waals surface area (Å²) in [7, 11) is 2.09. The molecule has 2 aromatic carbocycles. The molecule has 1 unspecified atom stereocenters. The molecule has 1 atom stereocenters. The highest BCUT2D eigenvalue weighted by molar-refractivity contribution is 9.10. The lowest BCUT2D eigenvalue weighted by Gasteiger charge is -2.30. The number of hydrogen-bond donors (Lipinski definition) is 1. The third-order valence-electron chi connectivity index (χ3n) is 3.78. The summed E-state index contributed by atoms with van der Waals surface area (Å²) in [6.07, 6.45) is 0.863. The van der Waals surface area contributed by atoms with Crippen molar-refractivity contribution in [2.24, 2.45) is 5.73 Å². The van der Waals surface area contributed by atoms with Gasteiger partial charge in [-0.1, -0.05) is 51.8 Å². The van der Waals surface area contributed by atoms with E-state index < -0.39 is 0 Å². The Kier molecular flexibility index (Phi) is 5.68. The van der Waals surface area contributed by atoms with Crippen molar-refractivity contribution in [3.8, 4) is 0 Å². The fourth-order valence-electron chi connectivity index (χ4n) is 2.46. The minimum atomic E-state index is 0.185. The van der Waals surface area contributed by atoms with Gasteiger partial charge in [-0.05, 0) is 49.2 Å². The zero-order valence-electron chi connectivity index (χ0n) is 12.3. The van der Waals surface area contributed by atoms with Crippen LogP contribution in [0.2, 0.25) is 5.02 Å². The molecular weight excluding hydrogens is 348 g/mol. The lowest BCUT2D eigenvalue weighted by Crippen LogP contribution is -2.23. The Morgan fingerprint density at radius 3 is 2.62 bits per heavy atom. The molecule has 0 saturated heterocycles. The van der Waals surface area contributed by atoms with E-state index in [2.05, 4.69) is 59.1 Å². The van der Waals surface area contributed by atoms with Crippen LogP contribution in [0.1, 0.15) is 24.1 Å². The summed E-state index contributed by atoms with van der Waals surface area (Å²) >= 11 is 9.88. The summed E-state index contributed by atoms with van der Waals surface area (Å²) in [5.74, 6) is 0. The quantitative estimate of drug-likeness (QED) is 0.822. The van der Waals surface area contributed by atoms with E-state index in [9.17, 15) is 0 Å². The number of nitrogens with zero attached hydrogens (tertiary/aromatic N) is 1. The minimum absolute atomic E-state index is 0.185. The Labute approximate surface area is 140 Å². The summed E-state index contributed by atoms with van der Waals surface area (Å²) in [6.45, 7) is 2.80. The van der Waals surface area contributed by atoms with E-state index >= 15 is 0 Å². The standard InChI is InChI=1S/C17H20BrClN2/c1-12(15-5-3-4-6-16(15)19)21(2)17-11-14(18)8-7-13(17)9-10-20/h3-8,11-12H,9-10,20H2,1-2H3.